The lowest BCUT2D eigenvalue weighted by Crippen LogP contribution is -2.20. The Morgan fingerprint density at radius 3 is 2.43 bits per heavy atom. The highest BCUT2D eigenvalue weighted by Gasteiger charge is 2.11. The van der Waals surface area contributed by atoms with Gasteiger partial charge in [0.05, 0.1) is 10.0 Å². The number of halogens is 3. The first-order chi connectivity index (χ1) is 9.95. The first kappa shape index (κ1) is 15.8. The summed E-state index contributed by atoms with van der Waals surface area (Å²) in [6.07, 6.45) is 0. The number of ether oxygens (including phenoxy) is 1. The van der Waals surface area contributed by atoms with E-state index in [0.717, 1.165) is 0 Å². The zero-order chi connectivity index (χ0) is 15.4. The maximum atomic E-state index is 11.8. The monoisotopic (exact) mass is 344 g/mol. The number of anilines is 2. The summed E-state index contributed by atoms with van der Waals surface area (Å²) >= 11 is 17.7. The van der Waals surface area contributed by atoms with Crippen LogP contribution in [0.3, 0.4) is 0 Å². The number of hydrogen-bond donors (Lipinski definition) is 2. The van der Waals surface area contributed by atoms with Gasteiger partial charge in [0.2, 0.25) is 0 Å². The molecule has 0 aromatic heterocycles. The van der Waals surface area contributed by atoms with Crippen LogP contribution in [0.5, 0.6) is 5.75 Å². The van der Waals surface area contributed by atoms with Crippen molar-refractivity contribution in [2.45, 2.75) is 0 Å². The summed E-state index contributed by atoms with van der Waals surface area (Å²) < 4.78 is 5.32. The highest BCUT2D eigenvalue weighted by atomic mass is 35.5. The van der Waals surface area contributed by atoms with E-state index in [4.69, 9.17) is 45.3 Å². The predicted octanol–water partition coefficient (Wildman–Crippen LogP) is 4.25. The van der Waals surface area contributed by atoms with Gasteiger partial charge in [-0.3, -0.25) is 4.79 Å². The fourth-order valence-corrected chi connectivity index (χ4v) is 2.54. The van der Waals surface area contributed by atoms with Crippen molar-refractivity contribution in [3.63, 3.8) is 0 Å². The van der Waals surface area contributed by atoms with Gasteiger partial charge in [-0.15, -0.1) is 0 Å². The molecule has 0 saturated heterocycles. The molecular weight excluding hydrogens is 335 g/mol. The topological polar surface area (TPSA) is 64.3 Å². The van der Waals surface area contributed by atoms with Crippen molar-refractivity contribution in [3.05, 3.63) is 51.5 Å². The van der Waals surface area contributed by atoms with Crippen molar-refractivity contribution in [2.75, 3.05) is 17.7 Å². The van der Waals surface area contributed by atoms with Crippen LogP contribution >= 0.6 is 34.8 Å². The second-order valence-corrected chi connectivity index (χ2v) is 5.41. The van der Waals surface area contributed by atoms with Crippen molar-refractivity contribution in [1.82, 2.24) is 0 Å². The lowest BCUT2D eigenvalue weighted by molar-refractivity contribution is -0.118. The Balaban J connectivity index is 1.99. The maximum absolute atomic E-state index is 11.8. The normalized spacial score (nSPS) is 10.2. The van der Waals surface area contributed by atoms with E-state index < -0.39 is 0 Å². The molecule has 0 fully saturated rings. The highest BCUT2D eigenvalue weighted by molar-refractivity contribution is 6.40. The molecule has 2 aromatic rings. The molecule has 0 bridgehead atoms. The molecule has 0 unspecified atom stereocenters. The number of nitrogens with one attached hydrogen (secondary N) is 1. The van der Waals surface area contributed by atoms with Crippen molar-refractivity contribution < 1.29 is 9.53 Å². The van der Waals surface area contributed by atoms with E-state index >= 15 is 0 Å². The van der Waals surface area contributed by atoms with Gasteiger partial charge in [-0.2, -0.15) is 0 Å². The number of nitrogens with two attached hydrogens (primary N) is 1. The van der Waals surface area contributed by atoms with E-state index in [9.17, 15) is 4.79 Å². The lowest BCUT2D eigenvalue weighted by atomic mass is 10.3. The van der Waals surface area contributed by atoms with Gasteiger partial charge in [-0.1, -0.05) is 40.9 Å². The highest BCUT2D eigenvalue weighted by Crippen LogP contribution is 2.35. The number of amides is 1. The van der Waals surface area contributed by atoms with Crippen LogP contribution in [0.25, 0.3) is 0 Å². The first-order valence-corrected chi connectivity index (χ1v) is 7.02. The molecule has 0 radical (unpaired) electrons. The number of nitrogen functional groups attached to an aromatic ring is 1. The molecule has 0 aliphatic carbocycles. The van der Waals surface area contributed by atoms with Crippen LogP contribution in [0.1, 0.15) is 0 Å². The molecule has 110 valence electrons. The molecule has 21 heavy (non-hydrogen) atoms. The van der Waals surface area contributed by atoms with Crippen molar-refractivity contribution in [1.29, 1.82) is 0 Å². The number of rotatable bonds is 4. The van der Waals surface area contributed by atoms with Gasteiger partial charge in [0.15, 0.2) is 12.4 Å². The third-order valence-corrected chi connectivity index (χ3v) is 3.26. The molecule has 2 rings (SSSR count). The van der Waals surface area contributed by atoms with Crippen LogP contribution in [0, 0.1) is 0 Å². The number of carbonyl (C=O) groups excluding carboxylic acids is 1. The number of carbonyl (C=O) groups is 1. The SMILES string of the molecule is Nc1cccc(NC(=O)COc2c(Cl)cc(Cl)cc2Cl)c1. The Labute approximate surface area is 136 Å². The van der Waals surface area contributed by atoms with Gasteiger partial charge in [0, 0.05) is 16.4 Å². The average Bonchev–Trinajstić information content (AvgIpc) is 2.37. The molecular formula is C14H11Cl3N2O2. The quantitative estimate of drug-likeness (QED) is 0.814. The van der Waals surface area contributed by atoms with Gasteiger partial charge in [-0.25, -0.2) is 0 Å². The van der Waals surface area contributed by atoms with Gasteiger partial charge < -0.3 is 15.8 Å². The van der Waals surface area contributed by atoms with Gasteiger partial charge >= 0.3 is 0 Å². The summed E-state index contributed by atoms with van der Waals surface area (Å²) in [5, 5.41) is 3.52. The standard InChI is InChI=1S/C14H11Cl3N2O2/c15-8-4-11(16)14(12(17)5-8)21-7-13(20)19-10-3-1-2-9(18)6-10/h1-6H,7,18H2,(H,19,20). The van der Waals surface area contributed by atoms with Gasteiger partial charge in [-0.05, 0) is 30.3 Å². The minimum Gasteiger partial charge on any atom is -0.481 e. The second-order valence-electron chi connectivity index (χ2n) is 4.16. The van der Waals surface area contributed by atoms with Crippen LogP contribution in [-0.2, 0) is 4.79 Å². The third-order valence-electron chi connectivity index (χ3n) is 2.48. The van der Waals surface area contributed by atoms with Crippen molar-refractivity contribution >= 4 is 52.1 Å². The van der Waals surface area contributed by atoms with E-state index in [1.54, 1.807) is 24.3 Å². The predicted molar refractivity (Wildman–Crippen MR) is 86.5 cm³/mol. The molecule has 0 heterocycles. The van der Waals surface area contributed by atoms with Gasteiger partial charge in [0.25, 0.3) is 5.91 Å². The minimum absolute atomic E-state index is 0.213. The second kappa shape index (κ2) is 6.89. The fourth-order valence-electron chi connectivity index (χ4n) is 1.62. The summed E-state index contributed by atoms with van der Waals surface area (Å²) in [5.74, 6) is -0.145. The van der Waals surface area contributed by atoms with Gasteiger partial charge in [0.1, 0.15) is 0 Å². The zero-order valence-corrected chi connectivity index (χ0v) is 13.0. The lowest BCUT2D eigenvalue weighted by Gasteiger charge is -2.11. The van der Waals surface area contributed by atoms with Crippen LogP contribution < -0.4 is 15.8 Å². The van der Waals surface area contributed by atoms with E-state index in [-0.39, 0.29) is 28.3 Å². The van der Waals surface area contributed by atoms with E-state index in [2.05, 4.69) is 5.32 Å². The Morgan fingerprint density at radius 1 is 1.14 bits per heavy atom. The first-order valence-electron chi connectivity index (χ1n) is 5.88. The van der Waals surface area contributed by atoms with E-state index in [1.807, 2.05) is 0 Å². The fraction of sp³-hybridized carbons (Fsp3) is 0.0714. The summed E-state index contributed by atoms with van der Waals surface area (Å²) in [6.45, 7) is -0.240. The summed E-state index contributed by atoms with van der Waals surface area (Å²) in [6, 6.07) is 9.79. The van der Waals surface area contributed by atoms with E-state index in [0.29, 0.717) is 16.4 Å². The molecule has 0 spiro atoms. The number of hydrogen-bond acceptors (Lipinski definition) is 3. The third kappa shape index (κ3) is 4.43. The largest absolute Gasteiger partial charge is 0.481 e. The zero-order valence-electron chi connectivity index (χ0n) is 10.7. The molecule has 0 atom stereocenters. The molecule has 7 heteroatoms. The molecule has 0 aliphatic heterocycles. The molecule has 0 saturated carbocycles. The van der Waals surface area contributed by atoms with Crippen LogP contribution in [0.15, 0.2) is 36.4 Å². The Morgan fingerprint density at radius 2 is 1.81 bits per heavy atom. The molecule has 1 amide bonds. The smallest absolute Gasteiger partial charge is 0.262 e. The maximum Gasteiger partial charge on any atom is 0.262 e. The summed E-state index contributed by atoms with van der Waals surface area (Å²) in [5.41, 5.74) is 6.76. The van der Waals surface area contributed by atoms with Crippen LogP contribution in [0.4, 0.5) is 11.4 Å². The van der Waals surface area contributed by atoms with Crippen molar-refractivity contribution in [2.24, 2.45) is 0 Å². The van der Waals surface area contributed by atoms with Crippen LogP contribution in [0.2, 0.25) is 15.1 Å². The Bertz CT molecular complexity index is 654. The Kier molecular flexibility index (Phi) is 5.17. The summed E-state index contributed by atoms with van der Waals surface area (Å²) in [4.78, 5) is 11.8. The van der Waals surface area contributed by atoms with E-state index in [1.165, 1.54) is 12.1 Å². The molecule has 3 N–H and O–H groups in total. The molecule has 0 aliphatic rings. The Hall–Kier alpha value is -1.62. The summed E-state index contributed by atoms with van der Waals surface area (Å²) in [7, 11) is 0. The van der Waals surface area contributed by atoms with Crippen LogP contribution in [-0.4, -0.2) is 12.5 Å². The van der Waals surface area contributed by atoms with Crippen molar-refractivity contribution in [3.8, 4) is 5.75 Å². The molecule has 2 aromatic carbocycles. The minimum atomic E-state index is -0.359. The molecule has 4 nitrogen and oxygen atoms in total. The average molecular weight is 346 g/mol. The number of benzene rings is 2.